The van der Waals surface area contributed by atoms with E-state index in [2.05, 4.69) is 5.32 Å². The Morgan fingerprint density at radius 2 is 1.34 bits per heavy atom. The second kappa shape index (κ2) is 14.5. The second-order valence-corrected chi connectivity index (χ2v) is 14.7. The molecule has 0 unspecified atom stereocenters. The summed E-state index contributed by atoms with van der Waals surface area (Å²) in [6.07, 6.45) is -0.929. The number of nitrogens with one attached hydrogen (secondary N) is 1. The van der Waals surface area contributed by atoms with E-state index in [9.17, 15) is 27.2 Å². The van der Waals surface area contributed by atoms with Crippen LogP contribution in [0.1, 0.15) is 33.1 Å². The Morgan fingerprint density at radius 1 is 0.830 bits per heavy atom. The normalized spacial score (nSPS) is 18.7. The molecule has 0 bridgehead atoms. The number of rotatable bonds is 10. The molecule has 4 aromatic carbocycles. The van der Waals surface area contributed by atoms with Crippen molar-refractivity contribution in [3.05, 3.63) is 82.8 Å². The SMILES string of the molecule is CCC(F)(F)C[C@H](C)CN1C(=O)COc2cc(-c3cccc(-c4cccc(-c5ccc6c(c5)OCC(=O)N6C[C@@H]5CC(F)(F)CN5)c4Cl)c3Cl)ccc21. The fourth-order valence-corrected chi connectivity index (χ4v) is 7.92. The van der Waals surface area contributed by atoms with Gasteiger partial charge in [0.25, 0.3) is 17.7 Å². The number of amides is 2. The summed E-state index contributed by atoms with van der Waals surface area (Å²) in [6.45, 7) is 2.56. The number of carbonyl (C=O) groups excluding carboxylic acids is 2. The molecule has 2 atom stereocenters. The lowest BCUT2D eigenvalue weighted by Crippen LogP contribution is -2.45. The zero-order chi connectivity index (χ0) is 37.7. The number of benzene rings is 4. The maximum absolute atomic E-state index is 14.1. The van der Waals surface area contributed by atoms with Crippen LogP contribution in [0.4, 0.5) is 28.9 Å². The first-order valence-corrected chi connectivity index (χ1v) is 18.2. The van der Waals surface area contributed by atoms with Gasteiger partial charge in [0, 0.05) is 60.6 Å². The van der Waals surface area contributed by atoms with Crippen LogP contribution in [0.15, 0.2) is 72.8 Å². The monoisotopic (exact) mass is 769 g/mol. The summed E-state index contributed by atoms with van der Waals surface area (Å²) in [5, 5.41) is 3.67. The van der Waals surface area contributed by atoms with Gasteiger partial charge < -0.3 is 24.6 Å². The molecule has 13 heteroatoms. The van der Waals surface area contributed by atoms with E-state index in [1.54, 1.807) is 31.2 Å². The summed E-state index contributed by atoms with van der Waals surface area (Å²) in [5.41, 5.74) is 5.18. The largest absolute Gasteiger partial charge is 0.482 e. The van der Waals surface area contributed by atoms with Gasteiger partial charge in [0.1, 0.15) is 11.5 Å². The van der Waals surface area contributed by atoms with Crippen LogP contribution in [0.25, 0.3) is 33.4 Å². The van der Waals surface area contributed by atoms with E-state index in [1.165, 1.54) is 16.7 Å². The highest BCUT2D eigenvalue weighted by Gasteiger charge is 2.41. The average Bonchev–Trinajstić information content (AvgIpc) is 3.48. The fourth-order valence-electron chi connectivity index (χ4n) is 7.25. The Bertz CT molecular complexity index is 2080. The molecule has 3 heterocycles. The van der Waals surface area contributed by atoms with Crippen LogP contribution < -0.4 is 24.6 Å². The van der Waals surface area contributed by atoms with Crippen molar-refractivity contribution in [2.24, 2.45) is 5.92 Å². The van der Waals surface area contributed by atoms with E-state index in [1.807, 2.05) is 48.5 Å². The van der Waals surface area contributed by atoms with Gasteiger partial charge in [-0.2, -0.15) is 0 Å². The molecule has 2 amide bonds. The topological polar surface area (TPSA) is 71.1 Å². The van der Waals surface area contributed by atoms with E-state index >= 15 is 0 Å². The molecule has 7 nitrogen and oxygen atoms in total. The highest BCUT2D eigenvalue weighted by atomic mass is 35.5. The van der Waals surface area contributed by atoms with Crippen molar-refractivity contribution in [3.8, 4) is 44.9 Å². The predicted octanol–water partition coefficient (Wildman–Crippen LogP) is 9.51. The van der Waals surface area contributed by atoms with Crippen LogP contribution in [0, 0.1) is 5.92 Å². The quantitative estimate of drug-likeness (QED) is 0.163. The van der Waals surface area contributed by atoms with Crippen molar-refractivity contribution in [2.75, 3.05) is 42.6 Å². The minimum Gasteiger partial charge on any atom is -0.482 e. The summed E-state index contributed by atoms with van der Waals surface area (Å²) in [4.78, 5) is 28.6. The molecule has 4 aromatic rings. The first-order chi connectivity index (χ1) is 25.2. The molecule has 0 spiro atoms. The Hall–Kier alpha value is -4.32. The lowest BCUT2D eigenvalue weighted by Gasteiger charge is -2.32. The Kier molecular flexibility index (Phi) is 10.1. The highest BCUT2D eigenvalue weighted by Crippen LogP contribution is 2.46. The van der Waals surface area contributed by atoms with E-state index in [0.29, 0.717) is 55.2 Å². The van der Waals surface area contributed by atoms with E-state index in [-0.39, 0.29) is 57.4 Å². The van der Waals surface area contributed by atoms with Crippen molar-refractivity contribution >= 4 is 46.4 Å². The minimum atomic E-state index is -2.81. The van der Waals surface area contributed by atoms with Crippen LogP contribution in [0.5, 0.6) is 11.5 Å². The Morgan fingerprint density at radius 3 is 1.85 bits per heavy atom. The second-order valence-electron chi connectivity index (χ2n) is 13.9. The van der Waals surface area contributed by atoms with Crippen LogP contribution in [-0.4, -0.2) is 62.5 Å². The molecule has 3 aliphatic heterocycles. The average molecular weight is 771 g/mol. The van der Waals surface area contributed by atoms with Crippen molar-refractivity contribution in [2.45, 2.75) is 51.0 Å². The van der Waals surface area contributed by atoms with Gasteiger partial charge in [-0.15, -0.1) is 0 Å². The van der Waals surface area contributed by atoms with E-state index < -0.39 is 30.3 Å². The first kappa shape index (κ1) is 37.0. The molecule has 1 N–H and O–H groups in total. The standard InChI is InChI=1S/C40H37Cl2F4N3O4/c1-3-39(43,44)16-23(2)18-48-31-12-10-24(14-33(31)52-20-35(48)50)27-6-4-8-29(37(27)41)30-9-5-7-28(38(30)42)25-11-13-32-34(15-25)53-21-36(51)49(32)19-26-17-40(45,46)22-47-26/h4-15,23,26,47H,3,16-22H2,1-2H3/t23-,26-/m0/s1. The molecular formula is C40H37Cl2F4N3O4. The van der Waals surface area contributed by atoms with E-state index in [0.717, 1.165) is 11.1 Å². The zero-order valence-corrected chi connectivity index (χ0v) is 30.5. The van der Waals surface area contributed by atoms with Gasteiger partial charge in [-0.25, -0.2) is 17.6 Å². The Labute approximate surface area is 314 Å². The third kappa shape index (κ3) is 7.57. The smallest absolute Gasteiger partial charge is 0.265 e. The number of hydrogen-bond donors (Lipinski definition) is 1. The maximum Gasteiger partial charge on any atom is 0.265 e. The molecule has 1 fully saturated rings. The lowest BCUT2D eigenvalue weighted by atomic mass is 9.95. The van der Waals surface area contributed by atoms with Crippen LogP contribution in [0.3, 0.4) is 0 Å². The molecular weight excluding hydrogens is 733 g/mol. The van der Waals surface area contributed by atoms with Gasteiger partial charge in [-0.05, 0) is 41.3 Å². The van der Waals surface area contributed by atoms with E-state index in [4.69, 9.17) is 32.7 Å². The number of alkyl halides is 4. The molecule has 7 rings (SSSR count). The fraction of sp³-hybridized carbons (Fsp3) is 0.350. The summed E-state index contributed by atoms with van der Waals surface area (Å²) in [7, 11) is 0. The van der Waals surface area contributed by atoms with Gasteiger partial charge in [-0.3, -0.25) is 9.59 Å². The van der Waals surface area contributed by atoms with Crippen molar-refractivity contribution in [1.29, 1.82) is 0 Å². The summed E-state index contributed by atoms with van der Waals surface area (Å²) < 4.78 is 67.4. The van der Waals surface area contributed by atoms with Gasteiger partial charge in [0.2, 0.25) is 5.92 Å². The summed E-state index contributed by atoms with van der Waals surface area (Å²) >= 11 is 14.2. The van der Waals surface area contributed by atoms with Gasteiger partial charge in [0.15, 0.2) is 13.2 Å². The van der Waals surface area contributed by atoms with Gasteiger partial charge in [-0.1, -0.05) is 85.6 Å². The summed E-state index contributed by atoms with van der Waals surface area (Å²) in [5.74, 6) is -5.76. The molecule has 53 heavy (non-hydrogen) atoms. The number of carbonyl (C=O) groups is 2. The maximum atomic E-state index is 14.1. The highest BCUT2D eigenvalue weighted by molar-refractivity contribution is 6.39. The van der Waals surface area contributed by atoms with Crippen LogP contribution in [0.2, 0.25) is 10.0 Å². The van der Waals surface area contributed by atoms with Crippen molar-refractivity contribution in [1.82, 2.24) is 5.32 Å². The molecule has 0 aromatic heterocycles. The molecule has 0 radical (unpaired) electrons. The number of nitrogens with zero attached hydrogens (tertiary/aromatic N) is 2. The van der Waals surface area contributed by atoms with Crippen molar-refractivity contribution < 1.29 is 36.6 Å². The number of fused-ring (bicyclic) bond motifs is 2. The number of anilines is 2. The number of halogens is 6. The third-order valence-corrected chi connectivity index (χ3v) is 10.8. The lowest BCUT2D eigenvalue weighted by molar-refractivity contribution is -0.122. The minimum absolute atomic E-state index is 0.0989. The predicted molar refractivity (Wildman–Crippen MR) is 199 cm³/mol. The number of hydrogen-bond acceptors (Lipinski definition) is 5. The number of ether oxygens (including phenoxy) is 2. The first-order valence-electron chi connectivity index (χ1n) is 17.4. The molecule has 0 aliphatic carbocycles. The van der Waals surface area contributed by atoms with Crippen LogP contribution in [-0.2, 0) is 9.59 Å². The molecule has 1 saturated heterocycles. The molecule has 0 saturated carbocycles. The van der Waals surface area contributed by atoms with Gasteiger partial charge in [0.05, 0.1) is 28.0 Å². The van der Waals surface area contributed by atoms with Crippen molar-refractivity contribution in [3.63, 3.8) is 0 Å². The zero-order valence-electron chi connectivity index (χ0n) is 29.0. The van der Waals surface area contributed by atoms with Crippen LogP contribution >= 0.6 is 23.2 Å². The summed E-state index contributed by atoms with van der Waals surface area (Å²) in [6, 6.07) is 21.3. The van der Waals surface area contributed by atoms with Gasteiger partial charge >= 0.3 is 0 Å². The third-order valence-electron chi connectivity index (χ3n) is 9.97. The molecule has 278 valence electrons. The Balaban J connectivity index is 1.15. The molecule has 3 aliphatic rings.